The molecule has 6 heteroatoms. The zero-order chi connectivity index (χ0) is 25.4. The van der Waals surface area contributed by atoms with E-state index in [1.54, 1.807) is 7.11 Å². The topological polar surface area (TPSA) is 73.8 Å². The molecule has 4 atom stereocenters. The Labute approximate surface area is 213 Å². The number of amides is 1. The number of nitrogens with zero attached hydrogens (tertiary/aromatic N) is 1. The molecule has 36 heavy (non-hydrogen) atoms. The lowest BCUT2D eigenvalue weighted by Crippen LogP contribution is -2.42. The van der Waals surface area contributed by atoms with Gasteiger partial charge in [-0.3, -0.25) is 4.79 Å². The Balaban J connectivity index is 1.51. The quantitative estimate of drug-likeness (QED) is 0.458. The molecule has 2 aliphatic heterocycles. The summed E-state index contributed by atoms with van der Waals surface area (Å²) >= 11 is 0. The second kappa shape index (κ2) is 9.96. The van der Waals surface area contributed by atoms with Crippen LogP contribution in [0, 0.1) is 19.8 Å². The fourth-order valence-electron chi connectivity index (χ4n) is 5.84. The number of phenolic OH excluding ortho intramolecular Hbond substituents is 1. The number of benzene rings is 3. The van der Waals surface area contributed by atoms with Crippen LogP contribution in [-0.4, -0.2) is 35.6 Å². The standard InChI is InChI=1S/C30H35N3O3/c1-5-20-6-10-22(11-7-20)28-25-26(24-17-18(2)16-19(3)29(24)34)31-32-27(25)30(35)33(28)15-14-21-8-12-23(36-4)13-9-21/h6-13,16-17,25-28,31-32,34H,5,14-15H2,1-4H3. The van der Waals surface area contributed by atoms with Gasteiger partial charge in [0.1, 0.15) is 17.5 Å². The number of carbonyl (C=O) groups excluding carboxylic acids is 1. The highest BCUT2D eigenvalue weighted by Crippen LogP contribution is 2.49. The maximum atomic E-state index is 13.8. The summed E-state index contributed by atoms with van der Waals surface area (Å²) in [5, 5.41) is 11.0. The summed E-state index contributed by atoms with van der Waals surface area (Å²) in [5.74, 6) is 1.15. The molecule has 0 aromatic heterocycles. The van der Waals surface area contributed by atoms with Gasteiger partial charge in [-0.2, -0.15) is 0 Å². The number of phenols is 1. The number of aromatic hydroxyl groups is 1. The van der Waals surface area contributed by atoms with Crippen molar-refractivity contribution in [3.05, 3.63) is 94.0 Å². The predicted octanol–water partition coefficient (Wildman–Crippen LogP) is 4.54. The Morgan fingerprint density at radius 3 is 2.28 bits per heavy atom. The summed E-state index contributed by atoms with van der Waals surface area (Å²) in [5.41, 5.74) is 13.0. The Bertz CT molecular complexity index is 1240. The van der Waals surface area contributed by atoms with E-state index >= 15 is 0 Å². The molecule has 3 aromatic carbocycles. The van der Waals surface area contributed by atoms with Gasteiger partial charge >= 0.3 is 0 Å². The molecule has 188 valence electrons. The first-order chi connectivity index (χ1) is 17.4. The summed E-state index contributed by atoms with van der Waals surface area (Å²) in [4.78, 5) is 15.8. The Morgan fingerprint density at radius 1 is 0.944 bits per heavy atom. The van der Waals surface area contributed by atoms with Crippen LogP contribution in [0.3, 0.4) is 0 Å². The molecule has 3 aromatic rings. The van der Waals surface area contributed by atoms with Gasteiger partial charge in [0.2, 0.25) is 5.91 Å². The van der Waals surface area contributed by atoms with Gasteiger partial charge in [0.05, 0.1) is 19.2 Å². The van der Waals surface area contributed by atoms with Crippen LogP contribution in [0.5, 0.6) is 11.5 Å². The number of hydrogen-bond donors (Lipinski definition) is 3. The Hall–Kier alpha value is -3.35. The monoisotopic (exact) mass is 485 g/mol. The van der Waals surface area contributed by atoms with Crippen molar-refractivity contribution in [3.8, 4) is 11.5 Å². The van der Waals surface area contributed by atoms with Crippen LogP contribution in [0.25, 0.3) is 0 Å². The van der Waals surface area contributed by atoms with Gasteiger partial charge < -0.3 is 14.7 Å². The number of likely N-dealkylation sites (tertiary alicyclic amines) is 1. The minimum atomic E-state index is -0.359. The van der Waals surface area contributed by atoms with E-state index in [1.165, 1.54) is 5.56 Å². The van der Waals surface area contributed by atoms with Crippen molar-refractivity contribution in [2.24, 2.45) is 5.92 Å². The summed E-state index contributed by atoms with van der Waals surface area (Å²) in [7, 11) is 1.66. The fraction of sp³-hybridized carbons (Fsp3) is 0.367. The Morgan fingerprint density at radius 2 is 1.61 bits per heavy atom. The van der Waals surface area contributed by atoms with Crippen molar-refractivity contribution in [3.63, 3.8) is 0 Å². The van der Waals surface area contributed by atoms with Crippen molar-refractivity contribution in [2.75, 3.05) is 13.7 Å². The van der Waals surface area contributed by atoms with Crippen LogP contribution in [0.4, 0.5) is 0 Å². The number of carbonyl (C=O) groups is 1. The van der Waals surface area contributed by atoms with Gasteiger partial charge in [-0.15, -0.1) is 0 Å². The number of aryl methyl sites for hydroxylation is 3. The molecule has 2 aliphatic rings. The van der Waals surface area contributed by atoms with E-state index in [0.717, 1.165) is 46.4 Å². The van der Waals surface area contributed by atoms with Crippen LogP contribution in [0.2, 0.25) is 0 Å². The molecule has 0 aliphatic carbocycles. The molecule has 0 bridgehead atoms. The van der Waals surface area contributed by atoms with E-state index in [2.05, 4.69) is 54.2 Å². The Kier molecular flexibility index (Phi) is 6.73. The molecule has 5 rings (SSSR count). The first-order valence-electron chi connectivity index (χ1n) is 12.7. The highest BCUT2D eigenvalue weighted by atomic mass is 16.5. The number of nitrogens with one attached hydrogen (secondary N) is 2. The molecule has 6 nitrogen and oxygen atoms in total. The van der Waals surface area contributed by atoms with Gasteiger partial charge in [0.25, 0.3) is 0 Å². The second-order valence-corrected chi connectivity index (χ2v) is 10.0. The molecule has 0 spiro atoms. The molecule has 3 N–H and O–H groups in total. The number of ether oxygens (including phenoxy) is 1. The zero-order valence-electron chi connectivity index (χ0n) is 21.4. The van der Waals surface area contributed by atoms with Crippen LogP contribution in [0.1, 0.15) is 52.4 Å². The van der Waals surface area contributed by atoms with Crippen molar-refractivity contribution in [2.45, 2.75) is 51.7 Å². The minimum Gasteiger partial charge on any atom is -0.507 e. The fourth-order valence-corrected chi connectivity index (χ4v) is 5.84. The summed E-state index contributed by atoms with van der Waals surface area (Å²) < 4.78 is 5.29. The van der Waals surface area contributed by atoms with Crippen molar-refractivity contribution in [1.82, 2.24) is 15.8 Å². The molecular weight excluding hydrogens is 450 g/mol. The van der Waals surface area contributed by atoms with Crippen molar-refractivity contribution < 1.29 is 14.6 Å². The summed E-state index contributed by atoms with van der Waals surface area (Å²) in [6, 6.07) is 20.0. The average Bonchev–Trinajstić information content (AvgIpc) is 3.44. The molecular formula is C30H35N3O3. The zero-order valence-corrected chi connectivity index (χ0v) is 21.4. The highest BCUT2D eigenvalue weighted by molar-refractivity contribution is 5.86. The first kappa shape index (κ1) is 24.3. The van der Waals surface area contributed by atoms with E-state index in [-0.39, 0.29) is 30.0 Å². The largest absolute Gasteiger partial charge is 0.507 e. The number of methoxy groups -OCH3 is 1. The highest BCUT2D eigenvalue weighted by Gasteiger charge is 2.55. The number of fused-ring (bicyclic) bond motifs is 1. The third-order valence-corrected chi connectivity index (χ3v) is 7.75. The third kappa shape index (κ3) is 4.36. The van der Waals surface area contributed by atoms with Gasteiger partial charge in [-0.05, 0) is 61.1 Å². The van der Waals surface area contributed by atoms with Gasteiger partial charge in [0, 0.05) is 18.0 Å². The maximum absolute atomic E-state index is 13.8. The third-order valence-electron chi connectivity index (χ3n) is 7.75. The average molecular weight is 486 g/mol. The van der Waals surface area contributed by atoms with Gasteiger partial charge in [-0.25, -0.2) is 10.9 Å². The van der Waals surface area contributed by atoms with Crippen LogP contribution < -0.4 is 15.6 Å². The minimum absolute atomic E-state index is 0.0621. The lowest BCUT2D eigenvalue weighted by molar-refractivity contribution is -0.130. The van der Waals surface area contributed by atoms with Crippen molar-refractivity contribution in [1.29, 1.82) is 0 Å². The van der Waals surface area contributed by atoms with Crippen LogP contribution >= 0.6 is 0 Å². The number of hydrazine groups is 1. The second-order valence-electron chi connectivity index (χ2n) is 10.0. The van der Waals surface area contributed by atoms with E-state index in [4.69, 9.17) is 4.74 Å². The van der Waals surface area contributed by atoms with Crippen LogP contribution in [-0.2, 0) is 17.6 Å². The normalized spacial score (nSPS) is 23.2. The number of rotatable bonds is 7. The van der Waals surface area contributed by atoms with E-state index in [0.29, 0.717) is 12.3 Å². The molecule has 2 fully saturated rings. The molecule has 0 radical (unpaired) electrons. The van der Waals surface area contributed by atoms with E-state index in [1.807, 2.05) is 43.0 Å². The van der Waals surface area contributed by atoms with Gasteiger partial charge in [-0.1, -0.05) is 61.0 Å². The first-order valence-corrected chi connectivity index (χ1v) is 12.7. The van der Waals surface area contributed by atoms with Gasteiger partial charge in [0.15, 0.2) is 0 Å². The summed E-state index contributed by atoms with van der Waals surface area (Å²) in [6.07, 6.45) is 1.73. The molecule has 2 heterocycles. The van der Waals surface area contributed by atoms with Crippen LogP contribution in [0.15, 0.2) is 60.7 Å². The lowest BCUT2D eigenvalue weighted by atomic mass is 9.82. The van der Waals surface area contributed by atoms with E-state index in [9.17, 15) is 9.90 Å². The predicted molar refractivity (Wildman–Crippen MR) is 141 cm³/mol. The number of hydrogen-bond acceptors (Lipinski definition) is 5. The SMILES string of the molecule is CCc1ccc(C2C3C(NNC3c3cc(C)cc(C)c3O)C(=O)N2CCc2ccc(OC)cc2)cc1. The smallest absolute Gasteiger partial charge is 0.242 e. The van der Waals surface area contributed by atoms with Crippen molar-refractivity contribution >= 4 is 5.91 Å². The molecule has 1 amide bonds. The molecule has 0 saturated carbocycles. The molecule has 4 unspecified atom stereocenters. The van der Waals surface area contributed by atoms with E-state index < -0.39 is 0 Å². The summed E-state index contributed by atoms with van der Waals surface area (Å²) in [6.45, 7) is 6.73. The lowest BCUT2D eigenvalue weighted by Gasteiger charge is -2.32. The molecule has 2 saturated heterocycles. The maximum Gasteiger partial charge on any atom is 0.242 e.